The van der Waals surface area contributed by atoms with Gasteiger partial charge in [0, 0.05) is 5.57 Å². The first-order valence-electron chi connectivity index (χ1n) is 4.98. The Balaban J connectivity index is 2.14. The van der Waals surface area contributed by atoms with Crippen molar-refractivity contribution in [3.05, 3.63) is 23.3 Å². The molecule has 0 radical (unpaired) electrons. The molecule has 0 aromatic carbocycles. The molecule has 0 aromatic heterocycles. The normalized spacial score (nSPS) is 34.6. The number of fused-ring (bicyclic) bond motifs is 1. The number of ketones is 1. The van der Waals surface area contributed by atoms with Crippen LogP contribution in [0.2, 0.25) is 0 Å². The maximum Gasteiger partial charge on any atom is 0.292 e. The standard InChI is InChI=1S/C11H11NO2/c13-9-8-4-3-7-2-1-5-11(8,6-7)12-10(9)14/h3-4H,1-2,5-6H2,(H,12,14). The number of carbonyl (C=O) groups excluding carboxylic acids is 2. The van der Waals surface area contributed by atoms with Gasteiger partial charge in [0.1, 0.15) is 0 Å². The van der Waals surface area contributed by atoms with Gasteiger partial charge in [0.05, 0.1) is 5.54 Å². The molecule has 3 nitrogen and oxygen atoms in total. The van der Waals surface area contributed by atoms with Crippen LogP contribution in [-0.2, 0) is 9.59 Å². The number of rotatable bonds is 0. The molecule has 1 saturated heterocycles. The van der Waals surface area contributed by atoms with Gasteiger partial charge >= 0.3 is 0 Å². The van der Waals surface area contributed by atoms with E-state index in [9.17, 15) is 9.59 Å². The van der Waals surface area contributed by atoms with Gasteiger partial charge in [0.25, 0.3) is 5.91 Å². The average molecular weight is 189 g/mol. The maximum atomic E-state index is 11.5. The van der Waals surface area contributed by atoms with E-state index >= 15 is 0 Å². The molecule has 3 aliphatic rings. The van der Waals surface area contributed by atoms with E-state index in [1.54, 1.807) is 0 Å². The van der Waals surface area contributed by atoms with E-state index in [0.717, 1.165) is 25.7 Å². The largest absolute Gasteiger partial charge is 0.339 e. The molecule has 3 heteroatoms. The Morgan fingerprint density at radius 3 is 3.00 bits per heavy atom. The number of hydrogen-bond donors (Lipinski definition) is 1. The molecule has 1 spiro atoms. The molecular weight excluding hydrogens is 178 g/mol. The number of amides is 1. The number of carbonyl (C=O) groups is 2. The highest BCUT2D eigenvalue weighted by Crippen LogP contribution is 2.43. The van der Waals surface area contributed by atoms with Crippen molar-refractivity contribution in [2.45, 2.75) is 31.2 Å². The van der Waals surface area contributed by atoms with E-state index in [2.05, 4.69) is 5.32 Å². The van der Waals surface area contributed by atoms with Crippen molar-refractivity contribution < 1.29 is 9.59 Å². The van der Waals surface area contributed by atoms with Gasteiger partial charge in [-0.1, -0.05) is 17.7 Å². The molecular formula is C11H11NO2. The summed E-state index contributed by atoms with van der Waals surface area (Å²) in [5.41, 5.74) is 1.72. The van der Waals surface area contributed by atoms with Crippen LogP contribution in [0.1, 0.15) is 25.7 Å². The van der Waals surface area contributed by atoms with Crippen LogP contribution in [0.5, 0.6) is 0 Å². The summed E-state index contributed by atoms with van der Waals surface area (Å²) in [5, 5.41) is 2.85. The third kappa shape index (κ3) is 0.820. The van der Waals surface area contributed by atoms with Crippen molar-refractivity contribution >= 4 is 11.7 Å². The SMILES string of the molecule is O=C1NC23CCCC(=CC=C2C1=O)C3. The molecule has 1 saturated carbocycles. The third-order valence-corrected chi connectivity index (χ3v) is 3.44. The van der Waals surface area contributed by atoms with Crippen molar-refractivity contribution in [1.29, 1.82) is 0 Å². The van der Waals surface area contributed by atoms with Crippen LogP contribution in [0, 0.1) is 0 Å². The van der Waals surface area contributed by atoms with Gasteiger partial charge < -0.3 is 5.32 Å². The lowest BCUT2D eigenvalue weighted by molar-refractivity contribution is -0.133. The second-order valence-corrected chi connectivity index (χ2v) is 4.30. The fraction of sp³-hybridized carbons (Fsp3) is 0.455. The highest BCUT2D eigenvalue weighted by molar-refractivity contribution is 6.46. The first-order chi connectivity index (χ1) is 6.71. The maximum absolute atomic E-state index is 11.5. The van der Waals surface area contributed by atoms with Gasteiger partial charge in [-0.05, 0) is 25.7 Å². The summed E-state index contributed by atoms with van der Waals surface area (Å²) in [6.45, 7) is 0. The Morgan fingerprint density at radius 2 is 2.14 bits per heavy atom. The van der Waals surface area contributed by atoms with Crippen molar-refractivity contribution in [2.24, 2.45) is 0 Å². The minimum atomic E-state index is -0.423. The first kappa shape index (κ1) is 7.97. The van der Waals surface area contributed by atoms with Crippen LogP contribution in [0.15, 0.2) is 23.3 Å². The summed E-state index contributed by atoms with van der Waals surface area (Å²) >= 11 is 0. The molecule has 1 amide bonds. The second kappa shape index (κ2) is 2.35. The zero-order valence-corrected chi connectivity index (χ0v) is 7.80. The molecule has 14 heavy (non-hydrogen) atoms. The fourth-order valence-corrected chi connectivity index (χ4v) is 2.78. The third-order valence-electron chi connectivity index (χ3n) is 3.44. The lowest BCUT2D eigenvalue weighted by Gasteiger charge is -2.37. The summed E-state index contributed by atoms with van der Waals surface area (Å²) in [4.78, 5) is 22.8. The molecule has 2 aliphatic carbocycles. The predicted molar refractivity (Wildman–Crippen MR) is 50.5 cm³/mol. The van der Waals surface area contributed by atoms with Crippen molar-refractivity contribution in [3.63, 3.8) is 0 Å². The Kier molecular flexibility index (Phi) is 1.34. The minimum Gasteiger partial charge on any atom is -0.339 e. The second-order valence-electron chi connectivity index (χ2n) is 4.30. The molecule has 2 bridgehead atoms. The van der Waals surface area contributed by atoms with Crippen molar-refractivity contribution in [1.82, 2.24) is 5.32 Å². The van der Waals surface area contributed by atoms with Gasteiger partial charge in [0.15, 0.2) is 0 Å². The van der Waals surface area contributed by atoms with Gasteiger partial charge in [-0.3, -0.25) is 9.59 Å². The van der Waals surface area contributed by atoms with Crippen molar-refractivity contribution in [2.75, 3.05) is 0 Å². The molecule has 0 aromatic rings. The molecule has 2 fully saturated rings. The summed E-state index contributed by atoms with van der Waals surface area (Å²) in [6, 6.07) is 0. The van der Waals surface area contributed by atoms with Crippen LogP contribution in [0.25, 0.3) is 0 Å². The Hall–Kier alpha value is -1.38. The lowest BCUT2D eigenvalue weighted by Crippen LogP contribution is -2.45. The average Bonchev–Trinajstić information content (AvgIpc) is 2.38. The van der Waals surface area contributed by atoms with Crippen LogP contribution >= 0.6 is 0 Å². The summed E-state index contributed by atoms with van der Waals surface area (Å²) in [7, 11) is 0. The monoisotopic (exact) mass is 189 g/mol. The predicted octanol–water partition coefficient (Wildman–Crippen LogP) is 0.864. The van der Waals surface area contributed by atoms with E-state index in [1.807, 2.05) is 12.2 Å². The summed E-state index contributed by atoms with van der Waals surface area (Å²) in [5.74, 6) is -0.755. The number of nitrogens with one attached hydrogen (secondary N) is 1. The van der Waals surface area contributed by atoms with Gasteiger partial charge in [-0.15, -0.1) is 0 Å². The highest BCUT2D eigenvalue weighted by Gasteiger charge is 2.50. The fourth-order valence-electron chi connectivity index (χ4n) is 2.78. The smallest absolute Gasteiger partial charge is 0.292 e. The molecule has 1 heterocycles. The Labute approximate surface area is 81.9 Å². The van der Waals surface area contributed by atoms with E-state index in [-0.39, 0.29) is 11.3 Å². The van der Waals surface area contributed by atoms with Gasteiger partial charge in [0.2, 0.25) is 5.78 Å². The molecule has 1 atom stereocenters. The number of Topliss-reactive ketones (excluding diaryl/α,β-unsaturated/α-hetero) is 1. The molecule has 72 valence electrons. The summed E-state index contributed by atoms with van der Waals surface area (Å²) in [6.07, 6.45) is 7.76. The number of hydrogen-bond acceptors (Lipinski definition) is 2. The molecule has 3 rings (SSSR count). The van der Waals surface area contributed by atoms with E-state index in [0.29, 0.717) is 5.57 Å². The topological polar surface area (TPSA) is 46.2 Å². The van der Waals surface area contributed by atoms with E-state index < -0.39 is 5.91 Å². The van der Waals surface area contributed by atoms with E-state index in [1.165, 1.54) is 5.57 Å². The number of allylic oxidation sites excluding steroid dienone is 2. The van der Waals surface area contributed by atoms with Crippen LogP contribution < -0.4 is 5.32 Å². The Bertz CT molecular complexity index is 406. The quantitative estimate of drug-likeness (QED) is 0.574. The minimum absolute atomic E-state index is 0.323. The first-order valence-corrected chi connectivity index (χ1v) is 4.98. The van der Waals surface area contributed by atoms with Crippen LogP contribution in [0.3, 0.4) is 0 Å². The molecule has 1 unspecified atom stereocenters. The van der Waals surface area contributed by atoms with E-state index in [4.69, 9.17) is 0 Å². The lowest BCUT2D eigenvalue weighted by atomic mass is 9.72. The van der Waals surface area contributed by atoms with Gasteiger partial charge in [-0.2, -0.15) is 0 Å². The van der Waals surface area contributed by atoms with Crippen LogP contribution in [0.4, 0.5) is 0 Å². The van der Waals surface area contributed by atoms with Crippen LogP contribution in [-0.4, -0.2) is 17.2 Å². The zero-order chi connectivity index (χ0) is 9.76. The Morgan fingerprint density at radius 1 is 1.29 bits per heavy atom. The zero-order valence-electron chi connectivity index (χ0n) is 7.80. The highest BCUT2D eigenvalue weighted by atomic mass is 16.2. The molecule has 1 aliphatic heterocycles. The summed E-state index contributed by atoms with van der Waals surface area (Å²) < 4.78 is 0. The molecule has 1 N–H and O–H groups in total. The van der Waals surface area contributed by atoms with Gasteiger partial charge in [-0.25, -0.2) is 0 Å². The van der Waals surface area contributed by atoms with Crippen molar-refractivity contribution in [3.8, 4) is 0 Å².